The van der Waals surface area contributed by atoms with Crippen LogP contribution in [0.2, 0.25) is 0 Å². The van der Waals surface area contributed by atoms with Crippen LogP contribution in [0.4, 0.5) is 0 Å². The van der Waals surface area contributed by atoms with Gasteiger partial charge in [-0.15, -0.1) is 0 Å². The molecule has 0 aliphatic heterocycles. The minimum Gasteiger partial charge on any atom is -0.0645 e. The number of benzene rings is 2. The summed E-state index contributed by atoms with van der Waals surface area (Å²) in [7, 11) is 0. The maximum atomic E-state index is 2.26. The first-order valence-corrected chi connectivity index (χ1v) is 6.34. The molecule has 88 valence electrons. The van der Waals surface area contributed by atoms with Crippen LogP contribution in [0.3, 0.4) is 0 Å². The zero-order valence-corrected chi connectivity index (χ0v) is 10.9. The van der Waals surface area contributed by atoms with Crippen molar-refractivity contribution in [2.24, 2.45) is 0 Å². The molecule has 0 heteroatoms. The Morgan fingerprint density at radius 1 is 0.882 bits per heavy atom. The van der Waals surface area contributed by atoms with E-state index >= 15 is 0 Å². The monoisotopic (exact) mass is 224 g/mol. The van der Waals surface area contributed by atoms with Crippen molar-refractivity contribution in [3.05, 3.63) is 70.8 Å². The van der Waals surface area contributed by atoms with E-state index in [0.29, 0.717) is 5.92 Å². The second kappa shape index (κ2) is 5.18. The summed E-state index contributed by atoms with van der Waals surface area (Å²) < 4.78 is 0. The van der Waals surface area contributed by atoms with Crippen LogP contribution in [0.15, 0.2) is 48.5 Å². The van der Waals surface area contributed by atoms with Crippen molar-refractivity contribution in [1.29, 1.82) is 0 Å². The van der Waals surface area contributed by atoms with Gasteiger partial charge in [0, 0.05) is 5.92 Å². The van der Waals surface area contributed by atoms with Crippen molar-refractivity contribution in [2.75, 3.05) is 0 Å². The molecule has 17 heavy (non-hydrogen) atoms. The fourth-order valence-corrected chi connectivity index (χ4v) is 2.41. The van der Waals surface area contributed by atoms with Crippen molar-refractivity contribution < 1.29 is 0 Å². The van der Waals surface area contributed by atoms with E-state index in [1.165, 1.54) is 22.3 Å². The molecule has 0 saturated heterocycles. The quantitative estimate of drug-likeness (QED) is 0.699. The zero-order chi connectivity index (χ0) is 12.3. The Morgan fingerprint density at radius 2 is 1.53 bits per heavy atom. The summed E-state index contributed by atoms with van der Waals surface area (Å²) in [5.74, 6) is 0.525. The Hall–Kier alpha value is -1.56. The average Bonchev–Trinajstić information content (AvgIpc) is 2.35. The van der Waals surface area contributed by atoms with Gasteiger partial charge in [-0.05, 0) is 37.0 Å². The van der Waals surface area contributed by atoms with E-state index in [4.69, 9.17) is 0 Å². The first-order valence-electron chi connectivity index (χ1n) is 6.34. The van der Waals surface area contributed by atoms with Crippen LogP contribution in [-0.4, -0.2) is 0 Å². The third-order valence-corrected chi connectivity index (χ3v) is 3.45. The summed E-state index contributed by atoms with van der Waals surface area (Å²) in [6.07, 6.45) is 1.15. The lowest BCUT2D eigenvalue weighted by Crippen LogP contribution is -2.01. The molecule has 2 aromatic rings. The van der Waals surface area contributed by atoms with Crippen LogP contribution in [0.1, 0.15) is 41.5 Å². The number of rotatable bonds is 3. The van der Waals surface area contributed by atoms with E-state index in [0.717, 1.165) is 6.42 Å². The summed E-state index contributed by atoms with van der Waals surface area (Å²) in [6, 6.07) is 17.6. The van der Waals surface area contributed by atoms with Crippen LogP contribution in [0, 0.1) is 13.8 Å². The Kier molecular flexibility index (Phi) is 3.63. The van der Waals surface area contributed by atoms with Gasteiger partial charge < -0.3 is 0 Å². The van der Waals surface area contributed by atoms with Crippen LogP contribution in [-0.2, 0) is 0 Å². The van der Waals surface area contributed by atoms with Crippen LogP contribution in [0.5, 0.6) is 0 Å². The van der Waals surface area contributed by atoms with Gasteiger partial charge in [-0.1, -0.05) is 61.0 Å². The third kappa shape index (κ3) is 2.58. The van der Waals surface area contributed by atoms with Crippen molar-refractivity contribution in [3.8, 4) is 0 Å². The van der Waals surface area contributed by atoms with E-state index in [1.807, 2.05) is 0 Å². The molecule has 0 aliphatic rings. The van der Waals surface area contributed by atoms with Crippen molar-refractivity contribution in [2.45, 2.75) is 33.1 Å². The first kappa shape index (κ1) is 11.9. The molecule has 2 aromatic carbocycles. The van der Waals surface area contributed by atoms with Gasteiger partial charge >= 0.3 is 0 Å². The van der Waals surface area contributed by atoms with E-state index in [-0.39, 0.29) is 0 Å². The molecule has 0 N–H and O–H groups in total. The van der Waals surface area contributed by atoms with Crippen molar-refractivity contribution in [1.82, 2.24) is 0 Å². The van der Waals surface area contributed by atoms with E-state index in [9.17, 15) is 0 Å². The van der Waals surface area contributed by atoms with Gasteiger partial charge in [0.05, 0.1) is 0 Å². The molecule has 0 aromatic heterocycles. The number of hydrogen-bond donors (Lipinski definition) is 0. The molecule has 2 rings (SSSR count). The van der Waals surface area contributed by atoms with Gasteiger partial charge in [0.15, 0.2) is 0 Å². The highest BCUT2D eigenvalue weighted by Crippen LogP contribution is 2.29. The SMILES string of the molecule is CCC(c1ccc(C)cc1)c1ccccc1C. The van der Waals surface area contributed by atoms with E-state index in [2.05, 4.69) is 69.3 Å². The lowest BCUT2D eigenvalue weighted by Gasteiger charge is -2.18. The van der Waals surface area contributed by atoms with E-state index in [1.54, 1.807) is 0 Å². The maximum absolute atomic E-state index is 2.26. The topological polar surface area (TPSA) is 0 Å². The Morgan fingerprint density at radius 3 is 2.12 bits per heavy atom. The summed E-state index contributed by atoms with van der Waals surface area (Å²) in [6.45, 7) is 6.60. The highest BCUT2D eigenvalue weighted by atomic mass is 14.2. The summed E-state index contributed by atoms with van der Waals surface area (Å²) in [5.41, 5.74) is 5.60. The molecule has 0 bridgehead atoms. The molecule has 0 spiro atoms. The first-order chi connectivity index (χ1) is 8.22. The number of aryl methyl sites for hydroxylation is 2. The molecular weight excluding hydrogens is 204 g/mol. The lowest BCUT2D eigenvalue weighted by atomic mass is 9.86. The van der Waals surface area contributed by atoms with Gasteiger partial charge in [0.25, 0.3) is 0 Å². The smallest absolute Gasteiger partial charge is 0.00893 e. The molecule has 0 radical (unpaired) electrons. The minimum atomic E-state index is 0.525. The van der Waals surface area contributed by atoms with Gasteiger partial charge in [0.1, 0.15) is 0 Å². The van der Waals surface area contributed by atoms with Gasteiger partial charge in [-0.25, -0.2) is 0 Å². The van der Waals surface area contributed by atoms with Crippen molar-refractivity contribution >= 4 is 0 Å². The molecule has 0 heterocycles. The van der Waals surface area contributed by atoms with Crippen LogP contribution < -0.4 is 0 Å². The number of hydrogen-bond acceptors (Lipinski definition) is 0. The summed E-state index contributed by atoms with van der Waals surface area (Å²) in [4.78, 5) is 0. The lowest BCUT2D eigenvalue weighted by molar-refractivity contribution is 0.771. The molecule has 0 fully saturated rings. The largest absolute Gasteiger partial charge is 0.0645 e. The molecule has 1 unspecified atom stereocenters. The normalized spacial score (nSPS) is 12.4. The Balaban J connectivity index is 2.40. The fraction of sp³-hybridized carbons (Fsp3) is 0.294. The second-order valence-corrected chi connectivity index (χ2v) is 4.73. The van der Waals surface area contributed by atoms with E-state index < -0.39 is 0 Å². The predicted molar refractivity (Wildman–Crippen MR) is 74.5 cm³/mol. The fourth-order valence-electron chi connectivity index (χ4n) is 2.41. The maximum Gasteiger partial charge on any atom is 0.00893 e. The van der Waals surface area contributed by atoms with Crippen LogP contribution >= 0.6 is 0 Å². The molecule has 0 nitrogen and oxygen atoms in total. The molecule has 0 aliphatic carbocycles. The Bertz CT molecular complexity index is 480. The van der Waals surface area contributed by atoms with Crippen molar-refractivity contribution in [3.63, 3.8) is 0 Å². The standard InChI is InChI=1S/C17H20/c1-4-16(15-11-9-13(2)10-12-15)17-8-6-5-7-14(17)3/h5-12,16H,4H2,1-3H3. The Labute approximate surface area is 104 Å². The summed E-state index contributed by atoms with van der Waals surface area (Å²) >= 11 is 0. The van der Waals surface area contributed by atoms with Gasteiger partial charge in [0.2, 0.25) is 0 Å². The predicted octanol–water partition coefficient (Wildman–Crippen LogP) is 4.85. The highest BCUT2D eigenvalue weighted by molar-refractivity contribution is 5.38. The zero-order valence-electron chi connectivity index (χ0n) is 10.9. The van der Waals surface area contributed by atoms with Gasteiger partial charge in [-0.3, -0.25) is 0 Å². The highest BCUT2D eigenvalue weighted by Gasteiger charge is 2.13. The average molecular weight is 224 g/mol. The van der Waals surface area contributed by atoms with Gasteiger partial charge in [-0.2, -0.15) is 0 Å². The molecular formula is C17H20. The minimum absolute atomic E-state index is 0.525. The molecule has 0 amide bonds. The summed E-state index contributed by atoms with van der Waals surface area (Å²) in [5, 5.41) is 0. The van der Waals surface area contributed by atoms with Crippen LogP contribution in [0.25, 0.3) is 0 Å². The molecule has 1 atom stereocenters. The third-order valence-electron chi connectivity index (χ3n) is 3.45. The molecule has 0 saturated carbocycles. The second-order valence-electron chi connectivity index (χ2n) is 4.73.